The standard InChI is InChI=1S/C17H25N5O/c1-21-11-13(10-18-21)4-2-8-22-9-3-5-15(12-22)16-19-17(23-20-16)14-6-7-14/h10-11,14-15H,2-9,12H2,1H3/t15-/m1/s1. The predicted octanol–water partition coefficient (Wildman–Crippen LogP) is 2.49. The third-order valence-electron chi connectivity index (χ3n) is 4.95. The number of likely N-dealkylation sites (tertiary alicyclic amines) is 1. The Kier molecular flexibility index (Phi) is 4.16. The molecule has 4 rings (SSSR count). The Labute approximate surface area is 136 Å². The second-order valence-corrected chi connectivity index (χ2v) is 7.03. The van der Waals surface area contributed by atoms with Gasteiger partial charge >= 0.3 is 0 Å². The molecule has 0 unspecified atom stereocenters. The van der Waals surface area contributed by atoms with Crippen LogP contribution in [0.1, 0.15) is 61.2 Å². The molecule has 1 atom stereocenters. The molecule has 6 nitrogen and oxygen atoms in total. The van der Waals surface area contributed by atoms with E-state index in [1.54, 1.807) is 0 Å². The highest BCUT2D eigenvalue weighted by Crippen LogP contribution is 2.39. The number of piperidine rings is 1. The average Bonchev–Trinajstić information content (AvgIpc) is 3.14. The quantitative estimate of drug-likeness (QED) is 0.819. The van der Waals surface area contributed by atoms with Crippen LogP contribution in [-0.4, -0.2) is 44.5 Å². The van der Waals surface area contributed by atoms with Gasteiger partial charge in [-0.25, -0.2) is 0 Å². The molecule has 0 radical (unpaired) electrons. The maximum atomic E-state index is 5.43. The lowest BCUT2D eigenvalue weighted by molar-refractivity contribution is 0.200. The highest BCUT2D eigenvalue weighted by atomic mass is 16.5. The van der Waals surface area contributed by atoms with Crippen molar-refractivity contribution in [3.63, 3.8) is 0 Å². The van der Waals surface area contributed by atoms with Crippen LogP contribution in [0.5, 0.6) is 0 Å². The van der Waals surface area contributed by atoms with Gasteiger partial charge in [-0.2, -0.15) is 10.1 Å². The molecule has 124 valence electrons. The Morgan fingerprint density at radius 2 is 2.17 bits per heavy atom. The summed E-state index contributed by atoms with van der Waals surface area (Å²) in [6.07, 6.45) is 11.2. The van der Waals surface area contributed by atoms with Gasteiger partial charge in [-0.15, -0.1) is 0 Å². The number of aromatic nitrogens is 4. The summed E-state index contributed by atoms with van der Waals surface area (Å²) < 4.78 is 7.30. The van der Waals surface area contributed by atoms with E-state index in [1.165, 1.54) is 44.2 Å². The van der Waals surface area contributed by atoms with Crippen LogP contribution in [0.3, 0.4) is 0 Å². The normalized spacial score (nSPS) is 22.6. The Hall–Kier alpha value is -1.69. The first-order chi connectivity index (χ1) is 11.3. The van der Waals surface area contributed by atoms with Gasteiger partial charge in [-0.3, -0.25) is 4.68 Å². The highest BCUT2D eigenvalue weighted by Gasteiger charge is 2.32. The fourth-order valence-electron chi connectivity index (χ4n) is 3.49. The molecule has 0 aromatic carbocycles. The molecule has 0 N–H and O–H groups in total. The van der Waals surface area contributed by atoms with Crippen LogP contribution in [0.4, 0.5) is 0 Å². The van der Waals surface area contributed by atoms with E-state index in [1.807, 2.05) is 17.9 Å². The van der Waals surface area contributed by atoms with Crippen LogP contribution in [0.25, 0.3) is 0 Å². The van der Waals surface area contributed by atoms with Crippen molar-refractivity contribution in [2.45, 2.75) is 50.4 Å². The lowest BCUT2D eigenvalue weighted by Gasteiger charge is -2.31. The van der Waals surface area contributed by atoms with Crippen LogP contribution in [0, 0.1) is 0 Å². The van der Waals surface area contributed by atoms with E-state index in [0.29, 0.717) is 11.8 Å². The Balaban J connectivity index is 1.28. The van der Waals surface area contributed by atoms with E-state index in [2.05, 4.69) is 26.3 Å². The minimum Gasteiger partial charge on any atom is -0.339 e. The molecule has 1 aliphatic heterocycles. The third kappa shape index (κ3) is 3.63. The molecule has 1 saturated carbocycles. The number of aryl methyl sites for hydroxylation is 2. The van der Waals surface area contributed by atoms with E-state index in [-0.39, 0.29) is 0 Å². The second kappa shape index (κ2) is 6.43. The van der Waals surface area contributed by atoms with Gasteiger partial charge in [0.2, 0.25) is 5.89 Å². The van der Waals surface area contributed by atoms with Crippen molar-refractivity contribution in [2.24, 2.45) is 7.05 Å². The van der Waals surface area contributed by atoms with Crippen molar-refractivity contribution in [3.8, 4) is 0 Å². The Bertz CT molecular complexity index is 645. The van der Waals surface area contributed by atoms with Crippen LogP contribution in [0.2, 0.25) is 0 Å². The molecule has 1 saturated heterocycles. The predicted molar refractivity (Wildman–Crippen MR) is 86.2 cm³/mol. The van der Waals surface area contributed by atoms with Crippen LogP contribution in [0.15, 0.2) is 16.9 Å². The van der Waals surface area contributed by atoms with E-state index in [0.717, 1.165) is 31.2 Å². The SMILES string of the molecule is Cn1cc(CCCN2CCC[C@@H](c3noc(C4CC4)n3)C2)cn1. The molecule has 1 aliphatic carbocycles. The first-order valence-corrected chi connectivity index (χ1v) is 8.81. The Morgan fingerprint density at radius 3 is 2.96 bits per heavy atom. The zero-order chi connectivity index (χ0) is 15.6. The van der Waals surface area contributed by atoms with Crippen LogP contribution < -0.4 is 0 Å². The minimum absolute atomic E-state index is 0.443. The summed E-state index contributed by atoms with van der Waals surface area (Å²) in [4.78, 5) is 7.20. The van der Waals surface area contributed by atoms with E-state index in [9.17, 15) is 0 Å². The van der Waals surface area contributed by atoms with Gasteiger partial charge in [0.15, 0.2) is 5.82 Å². The Morgan fingerprint density at radius 1 is 1.26 bits per heavy atom. The maximum Gasteiger partial charge on any atom is 0.229 e. The smallest absolute Gasteiger partial charge is 0.229 e. The second-order valence-electron chi connectivity index (χ2n) is 7.03. The fourth-order valence-corrected chi connectivity index (χ4v) is 3.49. The summed E-state index contributed by atoms with van der Waals surface area (Å²) in [5, 5.41) is 8.47. The third-order valence-corrected chi connectivity index (χ3v) is 4.95. The summed E-state index contributed by atoms with van der Waals surface area (Å²) in [5.41, 5.74) is 1.33. The summed E-state index contributed by atoms with van der Waals surface area (Å²) in [5.74, 6) is 2.80. The van der Waals surface area contributed by atoms with Gasteiger partial charge in [0, 0.05) is 31.6 Å². The molecule has 0 amide bonds. The average molecular weight is 315 g/mol. The number of rotatable bonds is 6. The van der Waals surface area contributed by atoms with E-state index < -0.39 is 0 Å². The zero-order valence-electron chi connectivity index (χ0n) is 13.8. The molecule has 3 heterocycles. The van der Waals surface area contributed by atoms with Crippen molar-refractivity contribution in [3.05, 3.63) is 29.7 Å². The van der Waals surface area contributed by atoms with Crippen molar-refractivity contribution in [1.82, 2.24) is 24.8 Å². The van der Waals surface area contributed by atoms with Crippen LogP contribution in [-0.2, 0) is 13.5 Å². The molecular weight excluding hydrogens is 290 g/mol. The van der Waals surface area contributed by atoms with Crippen molar-refractivity contribution in [2.75, 3.05) is 19.6 Å². The summed E-state index contributed by atoms with van der Waals surface area (Å²) >= 11 is 0. The molecule has 6 heteroatoms. The first kappa shape index (κ1) is 14.9. The molecule has 0 spiro atoms. The zero-order valence-corrected chi connectivity index (χ0v) is 13.8. The van der Waals surface area contributed by atoms with Crippen LogP contribution >= 0.6 is 0 Å². The number of hydrogen-bond acceptors (Lipinski definition) is 5. The number of nitrogens with zero attached hydrogens (tertiary/aromatic N) is 5. The molecular formula is C17H25N5O. The number of hydrogen-bond donors (Lipinski definition) is 0. The van der Waals surface area contributed by atoms with Gasteiger partial charge in [0.25, 0.3) is 0 Å². The van der Waals surface area contributed by atoms with Gasteiger partial charge in [0.1, 0.15) is 0 Å². The largest absolute Gasteiger partial charge is 0.339 e. The first-order valence-electron chi connectivity index (χ1n) is 8.81. The van der Waals surface area contributed by atoms with Crippen molar-refractivity contribution in [1.29, 1.82) is 0 Å². The molecule has 2 aromatic rings. The van der Waals surface area contributed by atoms with E-state index in [4.69, 9.17) is 4.52 Å². The monoisotopic (exact) mass is 315 g/mol. The van der Waals surface area contributed by atoms with Crippen molar-refractivity contribution < 1.29 is 4.52 Å². The molecule has 23 heavy (non-hydrogen) atoms. The maximum absolute atomic E-state index is 5.43. The van der Waals surface area contributed by atoms with Gasteiger partial charge in [0.05, 0.1) is 6.20 Å². The fraction of sp³-hybridized carbons (Fsp3) is 0.706. The highest BCUT2D eigenvalue weighted by molar-refractivity contribution is 5.06. The van der Waals surface area contributed by atoms with E-state index >= 15 is 0 Å². The summed E-state index contributed by atoms with van der Waals surface area (Å²) in [6, 6.07) is 0. The molecule has 0 bridgehead atoms. The topological polar surface area (TPSA) is 60.0 Å². The van der Waals surface area contributed by atoms with Crippen molar-refractivity contribution >= 4 is 0 Å². The molecule has 2 fully saturated rings. The summed E-state index contributed by atoms with van der Waals surface area (Å²) in [7, 11) is 1.97. The van der Waals surface area contributed by atoms with Gasteiger partial charge < -0.3 is 9.42 Å². The lowest BCUT2D eigenvalue weighted by atomic mass is 9.97. The lowest BCUT2D eigenvalue weighted by Crippen LogP contribution is -2.35. The van der Waals surface area contributed by atoms with Gasteiger partial charge in [-0.1, -0.05) is 5.16 Å². The van der Waals surface area contributed by atoms with Gasteiger partial charge in [-0.05, 0) is 57.2 Å². The summed E-state index contributed by atoms with van der Waals surface area (Å²) in [6.45, 7) is 3.40. The minimum atomic E-state index is 0.443. The molecule has 2 aromatic heterocycles. The molecule has 2 aliphatic rings.